The molecule has 1 aromatic heterocycles. The number of carbonyl (C=O) groups is 2. The normalized spacial score (nSPS) is 16.1. The largest absolute Gasteiger partial charge is 0.477 e. The van der Waals surface area contributed by atoms with Crippen LogP contribution in [0.4, 0.5) is 5.69 Å². The number of para-hydroxylation sites is 2. The molecule has 1 unspecified atom stereocenters. The fourth-order valence-corrected chi connectivity index (χ4v) is 4.72. The van der Waals surface area contributed by atoms with Crippen LogP contribution in [0.5, 0.6) is 5.75 Å². The molecule has 5 rings (SSSR count). The van der Waals surface area contributed by atoms with Crippen molar-refractivity contribution in [1.82, 2.24) is 0 Å². The SMILES string of the molecule is CCOC(=O)c1cc(=O)c2cccc(NC(=O)C3(CCCc4ccccc4)Cc4ccccc4O3)c2o1. The van der Waals surface area contributed by atoms with Crippen LogP contribution in [0.2, 0.25) is 0 Å². The first-order chi connectivity index (χ1) is 18.0. The van der Waals surface area contributed by atoms with Crippen molar-refractivity contribution in [2.45, 2.75) is 38.2 Å². The van der Waals surface area contributed by atoms with E-state index in [9.17, 15) is 14.4 Å². The van der Waals surface area contributed by atoms with Gasteiger partial charge in [0.1, 0.15) is 5.75 Å². The van der Waals surface area contributed by atoms with Gasteiger partial charge in [0.05, 0.1) is 17.7 Å². The first-order valence-corrected chi connectivity index (χ1v) is 12.4. The maximum absolute atomic E-state index is 13.8. The number of hydrogen-bond donors (Lipinski definition) is 1. The number of fused-ring (bicyclic) bond motifs is 2. The minimum absolute atomic E-state index is 0.112. The minimum atomic E-state index is -1.13. The molecule has 3 aromatic carbocycles. The number of esters is 1. The Balaban J connectivity index is 1.45. The van der Waals surface area contributed by atoms with Crippen LogP contribution in [0.25, 0.3) is 11.0 Å². The molecule has 37 heavy (non-hydrogen) atoms. The van der Waals surface area contributed by atoms with E-state index < -0.39 is 17.0 Å². The highest BCUT2D eigenvalue weighted by Gasteiger charge is 2.46. The lowest BCUT2D eigenvalue weighted by atomic mass is 9.89. The quantitative estimate of drug-likeness (QED) is 0.332. The van der Waals surface area contributed by atoms with E-state index in [-0.39, 0.29) is 34.9 Å². The van der Waals surface area contributed by atoms with Gasteiger partial charge in [0.2, 0.25) is 5.76 Å². The van der Waals surface area contributed by atoms with Gasteiger partial charge in [0.15, 0.2) is 16.6 Å². The second-order valence-corrected chi connectivity index (χ2v) is 9.05. The molecule has 7 heteroatoms. The Morgan fingerprint density at radius 1 is 1.00 bits per heavy atom. The van der Waals surface area contributed by atoms with Crippen molar-refractivity contribution in [3.8, 4) is 5.75 Å². The van der Waals surface area contributed by atoms with Crippen LogP contribution in [-0.2, 0) is 22.4 Å². The lowest BCUT2D eigenvalue weighted by molar-refractivity contribution is -0.130. The number of ether oxygens (including phenoxy) is 2. The Bertz CT molecular complexity index is 1480. The zero-order valence-electron chi connectivity index (χ0n) is 20.5. The van der Waals surface area contributed by atoms with Gasteiger partial charge in [-0.2, -0.15) is 0 Å². The van der Waals surface area contributed by atoms with Crippen molar-refractivity contribution < 1.29 is 23.5 Å². The first kappa shape index (κ1) is 24.3. The van der Waals surface area contributed by atoms with Crippen molar-refractivity contribution in [2.24, 2.45) is 0 Å². The van der Waals surface area contributed by atoms with Crippen LogP contribution in [0.1, 0.15) is 41.4 Å². The minimum Gasteiger partial charge on any atom is -0.477 e. The summed E-state index contributed by atoms with van der Waals surface area (Å²) in [6.45, 7) is 1.81. The van der Waals surface area contributed by atoms with Crippen LogP contribution in [0.3, 0.4) is 0 Å². The van der Waals surface area contributed by atoms with E-state index in [2.05, 4.69) is 17.4 Å². The Morgan fingerprint density at radius 2 is 1.78 bits per heavy atom. The summed E-state index contributed by atoms with van der Waals surface area (Å²) in [6.07, 6.45) is 2.46. The van der Waals surface area contributed by atoms with Crippen molar-refractivity contribution in [3.05, 3.63) is 106 Å². The molecule has 0 spiro atoms. The molecule has 188 valence electrons. The van der Waals surface area contributed by atoms with E-state index in [1.165, 1.54) is 5.56 Å². The van der Waals surface area contributed by atoms with Crippen LogP contribution < -0.4 is 15.5 Å². The van der Waals surface area contributed by atoms with Crippen LogP contribution >= 0.6 is 0 Å². The van der Waals surface area contributed by atoms with Crippen molar-refractivity contribution >= 4 is 28.5 Å². The van der Waals surface area contributed by atoms with E-state index in [0.717, 1.165) is 24.5 Å². The summed E-state index contributed by atoms with van der Waals surface area (Å²) in [7, 11) is 0. The number of anilines is 1. The standard InChI is InChI=1S/C30H27NO6/c1-2-35-28(33)26-18-24(32)22-14-8-15-23(27(22)36-26)31-29(34)30(17-9-12-20-10-4-3-5-11-20)19-21-13-6-7-16-25(21)37-30/h3-8,10-11,13-16,18H,2,9,12,17,19H2,1H3,(H,31,34). The smallest absolute Gasteiger partial charge is 0.374 e. The van der Waals surface area contributed by atoms with Gasteiger partial charge >= 0.3 is 5.97 Å². The van der Waals surface area contributed by atoms with Crippen molar-refractivity contribution in [3.63, 3.8) is 0 Å². The van der Waals surface area contributed by atoms with Crippen molar-refractivity contribution in [1.29, 1.82) is 0 Å². The topological polar surface area (TPSA) is 94.8 Å². The molecule has 2 heterocycles. The zero-order valence-corrected chi connectivity index (χ0v) is 20.5. The number of aryl methyl sites for hydroxylation is 1. The van der Waals surface area contributed by atoms with E-state index in [0.29, 0.717) is 18.6 Å². The Hall–Kier alpha value is -4.39. The zero-order chi connectivity index (χ0) is 25.8. The molecule has 1 N–H and O–H groups in total. The molecule has 0 saturated carbocycles. The molecule has 0 fully saturated rings. The van der Waals surface area contributed by atoms with Gasteiger partial charge in [-0.3, -0.25) is 9.59 Å². The van der Waals surface area contributed by atoms with E-state index in [4.69, 9.17) is 13.9 Å². The summed E-state index contributed by atoms with van der Waals surface area (Å²) in [4.78, 5) is 38.8. The molecule has 1 amide bonds. The molecule has 0 saturated heterocycles. The van der Waals surface area contributed by atoms with E-state index >= 15 is 0 Å². The number of amides is 1. The molecule has 0 aliphatic carbocycles. The molecule has 7 nitrogen and oxygen atoms in total. The molecular weight excluding hydrogens is 470 g/mol. The summed E-state index contributed by atoms with van der Waals surface area (Å²) < 4.78 is 17.1. The highest BCUT2D eigenvalue weighted by molar-refractivity contribution is 6.04. The van der Waals surface area contributed by atoms with E-state index in [1.54, 1.807) is 25.1 Å². The van der Waals surface area contributed by atoms with Crippen LogP contribution in [0.15, 0.2) is 88.1 Å². The molecule has 1 atom stereocenters. The summed E-state index contributed by atoms with van der Waals surface area (Å²) in [5, 5.41) is 3.18. The Morgan fingerprint density at radius 3 is 2.57 bits per heavy atom. The summed E-state index contributed by atoms with van der Waals surface area (Å²) >= 11 is 0. The molecule has 4 aromatic rings. The molecule has 0 radical (unpaired) electrons. The third kappa shape index (κ3) is 4.98. The van der Waals surface area contributed by atoms with E-state index in [1.807, 2.05) is 42.5 Å². The third-order valence-electron chi connectivity index (χ3n) is 6.54. The Labute approximate surface area is 214 Å². The van der Waals surface area contributed by atoms with Crippen LogP contribution in [0, 0.1) is 0 Å². The predicted octanol–water partition coefficient (Wildman–Crippen LogP) is 5.31. The Kier molecular flexibility index (Phi) is 6.77. The van der Waals surface area contributed by atoms with Gasteiger partial charge < -0.3 is 19.2 Å². The fraction of sp³-hybridized carbons (Fsp3) is 0.233. The highest BCUT2D eigenvalue weighted by atomic mass is 16.5. The van der Waals surface area contributed by atoms with Gasteiger partial charge in [0.25, 0.3) is 5.91 Å². The van der Waals surface area contributed by atoms with Gasteiger partial charge in [-0.1, -0.05) is 54.6 Å². The molecule has 0 bridgehead atoms. The summed E-state index contributed by atoms with van der Waals surface area (Å²) in [6, 6.07) is 23.7. The average molecular weight is 498 g/mol. The highest BCUT2D eigenvalue weighted by Crippen LogP contribution is 2.39. The molecule has 1 aliphatic heterocycles. The summed E-state index contributed by atoms with van der Waals surface area (Å²) in [5.41, 5.74) is 1.03. The maximum Gasteiger partial charge on any atom is 0.374 e. The van der Waals surface area contributed by atoms with Crippen molar-refractivity contribution in [2.75, 3.05) is 11.9 Å². The van der Waals surface area contributed by atoms with Gasteiger partial charge in [-0.25, -0.2) is 4.79 Å². The van der Waals surface area contributed by atoms with Gasteiger partial charge in [-0.05, 0) is 55.5 Å². The first-order valence-electron chi connectivity index (χ1n) is 12.4. The number of rotatable bonds is 8. The van der Waals surface area contributed by atoms with Gasteiger partial charge in [0, 0.05) is 12.5 Å². The monoisotopic (exact) mass is 497 g/mol. The lowest BCUT2D eigenvalue weighted by Crippen LogP contribution is -2.47. The second kappa shape index (κ2) is 10.3. The van der Waals surface area contributed by atoms with Crippen LogP contribution in [-0.4, -0.2) is 24.1 Å². The predicted molar refractivity (Wildman–Crippen MR) is 140 cm³/mol. The van der Waals surface area contributed by atoms with Gasteiger partial charge in [-0.15, -0.1) is 0 Å². The lowest BCUT2D eigenvalue weighted by Gasteiger charge is -2.28. The number of benzene rings is 3. The fourth-order valence-electron chi connectivity index (χ4n) is 4.72. The molecular formula is C30H27NO6. The number of carbonyl (C=O) groups excluding carboxylic acids is 2. The maximum atomic E-state index is 13.8. The molecule has 1 aliphatic rings. The number of nitrogens with one attached hydrogen (secondary N) is 1. The summed E-state index contributed by atoms with van der Waals surface area (Å²) in [5.74, 6) is -0.613. The second-order valence-electron chi connectivity index (χ2n) is 9.05. The third-order valence-corrected chi connectivity index (χ3v) is 6.54. The average Bonchev–Trinajstić information content (AvgIpc) is 3.29. The number of hydrogen-bond acceptors (Lipinski definition) is 6.